The van der Waals surface area contributed by atoms with Gasteiger partial charge >= 0.3 is 17.1 Å². The predicted molar refractivity (Wildman–Crippen MR) is 215 cm³/mol. The molecule has 3 heterocycles. The maximum absolute atomic E-state index is 8.89. The summed E-state index contributed by atoms with van der Waals surface area (Å²) in [6.07, 6.45) is 4.27. The number of carboxylic acid groups (broad SMARTS) is 1. The van der Waals surface area contributed by atoms with Crippen molar-refractivity contribution < 1.29 is 32.1 Å². The molecule has 4 aromatic carbocycles. The number of pyridine rings is 3. The molecule has 273 valence electrons. The maximum Gasteiger partial charge on any atom is 2.00 e. The molecule has 0 aliphatic rings. The van der Waals surface area contributed by atoms with E-state index in [0.29, 0.717) is 0 Å². The van der Waals surface area contributed by atoms with Crippen LogP contribution in [0.15, 0.2) is 195 Å². The van der Waals surface area contributed by atoms with Crippen LogP contribution >= 0.6 is 0 Å². The number of rotatable bonds is 10. The molecule has 1 radical (unpaired) electrons. The second-order valence-electron chi connectivity index (χ2n) is 12.1. The molecule has 0 fully saturated rings. The van der Waals surface area contributed by atoms with Crippen LogP contribution < -0.4 is 27.0 Å². The first-order valence-corrected chi connectivity index (χ1v) is 17.5. The summed E-state index contributed by atoms with van der Waals surface area (Å²) in [7, 11) is 1.00. The van der Waals surface area contributed by atoms with E-state index in [0.717, 1.165) is 50.7 Å². The Balaban J connectivity index is 0.000000251. The number of carbonyl (C=O) groups excluding carboxylic acids is 1. The molecule has 7 nitrogen and oxygen atoms in total. The van der Waals surface area contributed by atoms with Gasteiger partial charge in [0.05, 0.1) is 17.1 Å². The summed E-state index contributed by atoms with van der Waals surface area (Å²) in [4.78, 5) is 24.4. The number of aliphatic hydroxyl groups is 1. The number of carbonyl (C=O) groups is 1. The Labute approximate surface area is 329 Å². The Morgan fingerprint density at radius 3 is 0.907 bits per heavy atom. The van der Waals surface area contributed by atoms with Crippen LogP contribution in [-0.4, -0.2) is 44.2 Å². The van der Waals surface area contributed by atoms with Crippen molar-refractivity contribution in [2.75, 3.05) is 7.11 Å². The first kappa shape index (κ1) is 42.7. The average Bonchev–Trinajstić information content (AvgIpc) is 3.22. The number of hydrogen-bond acceptors (Lipinski definition) is 7. The fourth-order valence-corrected chi connectivity index (χ4v) is 6.45. The summed E-state index contributed by atoms with van der Waals surface area (Å²) in [5, 5.41) is 15.9. The molecular weight excluding hydrogens is 710 g/mol. The van der Waals surface area contributed by atoms with Crippen LogP contribution in [0, 0.1) is 0 Å². The van der Waals surface area contributed by atoms with Gasteiger partial charge in [0.25, 0.3) is 0 Å². The fraction of sp³-hybridized carbons (Fsp3) is 0.111. The van der Waals surface area contributed by atoms with Crippen LogP contribution in [0.1, 0.15) is 24.0 Å². The van der Waals surface area contributed by atoms with Crippen molar-refractivity contribution in [1.82, 2.24) is 19.9 Å². The second-order valence-corrected chi connectivity index (χ2v) is 12.1. The zero-order valence-corrected chi connectivity index (χ0v) is 31.8. The van der Waals surface area contributed by atoms with Gasteiger partial charge in [-0.05, 0) is 43.3 Å². The van der Waals surface area contributed by atoms with Gasteiger partial charge in [0.2, 0.25) is 0 Å². The van der Waals surface area contributed by atoms with E-state index in [1.807, 2.05) is 73.2 Å². The second kappa shape index (κ2) is 23.8. The summed E-state index contributed by atoms with van der Waals surface area (Å²) < 4.78 is 0. The Morgan fingerprint density at radius 2 is 0.704 bits per heavy atom. The minimum Gasteiger partial charge on any atom is -0.550 e. The molecule has 0 saturated carbocycles. The summed E-state index contributed by atoms with van der Waals surface area (Å²) in [5.41, 5.74) is 8.51. The monoisotopic (exact) mass is 755 g/mol. The van der Waals surface area contributed by atoms with Crippen LogP contribution in [0.2, 0.25) is 0 Å². The molecule has 0 bridgehead atoms. The SMILES string of the molecule is CC(=O)[O-].CO.[Mn+2].c1ccc(CN(Cc2ccccn2)Cc2ccccn2)nc1.c1ccc([B-](c2ccccc2)(c2ccccc2)c2ccccc2)cc1. The first-order valence-electron chi connectivity index (χ1n) is 17.5. The zero-order chi connectivity index (χ0) is 37.6. The van der Waals surface area contributed by atoms with Crippen molar-refractivity contribution in [2.24, 2.45) is 0 Å². The number of aliphatic hydroxyl groups excluding tert-OH is 1. The summed E-state index contributed by atoms with van der Waals surface area (Å²) in [6.45, 7) is 3.29. The summed E-state index contributed by atoms with van der Waals surface area (Å²) in [5.74, 6) is -1.08. The number of aliphatic carboxylic acids is 1. The van der Waals surface area contributed by atoms with E-state index >= 15 is 0 Å². The van der Waals surface area contributed by atoms with E-state index < -0.39 is 12.1 Å². The maximum atomic E-state index is 8.89. The standard InChI is InChI=1S/C24H20B.C18H18N4.C2H4O2.CH4O.Mn/c1-5-13-21(14-6-1)25(22-15-7-2-8-16-22,23-17-9-3-10-18-23)24-19-11-4-12-20-24;1-4-10-19-16(7-1)13-22(14-17-8-2-5-11-20-17)15-18-9-3-6-12-21-18;1-2(3)4;1-2;/h1-20H;1-12H,13-15H2;1H3,(H,3,4);2H,1H3;/q-1;;;;+2/p-1. The van der Waals surface area contributed by atoms with Crippen LogP contribution in [0.5, 0.6) is 0 Å². The normalized spacial score (nSPS) is 10.1. The van der Waals surface area contributed by atoms with E-state index in [1.165, 1.54) is 21.9 Å². The van der Waals surface area contributed by atoms with E-state index in [9.17, 15) is 0 Å². The summed E-state index contributed by atoms with van der Waals surface area (Å²) in [6, 6.07) is 61.5. The van der Waals surface area contributed by atoms with Gasteiger partial charge in [-0.1, -0.05) is 140 Å². The van der Waals surface area contributed by atoms with Crippen molar-refractivity contribution >= 4 is 34.0 Å². The van der Waals surface area contributed by atoms with Crippen molar-refractivity contribution in [3.05, 3.63) is 212 Å². The Kier molecular flexibility index (Phi) is 18.8. The van der Waals surface area contributed by atoms with Crippen molar-refractivity contribution in [3.63, 3.8) is 0 Å². The Hall–Kier alpha value is -5.70. The predicted octanol–water partition coefficient (Wildman–Crippen LogP) is 4.50. The van der Waals surface area contributed by atoms with Gasteiger partial charge in [-0.15, -0.1) is 0 Å². The van der Waals surface area contributed by atoms with Crippen LogP contribution in [0.25, 0.3) is 0 Å². The molecule has 0 aliphatic carbocycles. The van der Waals surface area contributed by atoms with Gasteiger partial charge in [-0.2, -0.15) is 21.9 Å². The molecule has 54 heavy (non-hydrogen) atoms. The van der Waals surface area contributed by atoms with Gasteiger partial charge in [0.1, 0.15) is 6.15 Å². The molecule has 0 aliphatic heterocycles. The van der Waals surface area contributed by atoms with Gasteiger partial charge in [0, 0.05) is 51.3 Å². The molecule has 3 aromatic heterocycles. The molecule has 0 spiro atoms. The molecule has 7 aromatic rings. The third kappa shape index (κ3) is 12.8. The third-order valence-electron chi connectivity index (χ3n) is 8.53. The van der Waals surface area contributed by atoms with Crippen molar-refractivity contribution in [1.29, 1.82) is 0 Å². The zero-order valence-electron chi connectivity index (χ0n) is 30.6. The molecule has 0 unspecified atom stereocenters. The Morgan fingerprint density at radius 1 is 0.481 bits per heavy atom. The van der Waals surface area contributed by atoms with Crippen LogP contribution in [-0.2, 0) is 41.5 Å². The number of benzene rings is 4. The largest absolute Gasteiger partial charge is 2.00 e. The quantitative estimate of drug-likeness (QED) is 0.205. The smallest absolute Gasteiger partial charge is 0.550 e. The average molecular weight is 756 g/mol. The third-order valence-corrected chi connectivity index (χ3v) is 8.53. The minimum atomic E-state index is -1.22. The minimum absolute atomic E-state index is 0. The van der Waals surface area contributed by atoms with Crippen LogP contribution in [0.3, 0.4) is 0 Å². The van der Waals surface area contributed by atoms with Gasteiger partial charge < -0.3 is 15.0 Å². The molecule has 0 atom stereocenters. The molecule has 0 amide bonds. The van der Waals surface area contributed by atoms with E-state index in [2.05, 4.69) is 141 Å². The topological polar surface area (TPSA) is 102 Å². The number of hydrogen-bond donors (Lipinski definition) is 1. The molecule has 9 heteroatoms. The molecular formula is C45H45BMnN4O3. The van der Waals surface area contributed by atoms with Crippen molar-refractivity contribution in [2.45, 2.75) is 26.6 Å². The van der Waals surface area contributed by atoms with E-state index in [-0.39, 0.29) is 17.1 Å². The fourth-order valence-electron chi connectivity index (χ4n) is 6.45. The number of carboxylic acids is 1. The molecule has 7 rings (SSSR count). The van der Waals surface area contributed by atoms with Crippen LogP contribution in [0.4, 0.5) is 0 Å². The van der Waals surface area contributed by atoms with E-state index in [1.54, 1.807) is 0 Å². The van der Waals surface area contributed by atoms with Crippen molar-refractivity contribution in [3.8, 4) is 0 Å². The molecule has 1 N–H and O–H groups in total. The van der Waals surface area contributed by atoms with E-state index in [4.69, 9.17) is 15.0 Å². The van der Waals surface area contributed by atoms with Gasteiger partial charge in [-0.25, -0.2) is 0 Å². The van der Waals surface area contributed by atoms with Gasteiger partial charge in [0.15, 0.2) is 0 Å². The Bertz CT molecular complexity index is 1730. The molecule has 0 saturated heterocycles. The summed E-state index contributed by atoms with van der Waals surface area (Å²) >= 11 is 0. The number of aromatic nitrogens is 3. The number of nitrogens with zero attached hydrogens (tertiary/aromatic N) is 4. The van der Waals surface area contributed by atoms with Gasteiger partial charge in [-0.3, -0.25) is 19.9 Å². The first-order chi connectivity index (χ1) is 26.1.